The molecule has 0 bridgehead atoms. The van der Waals surface area contributed by atoms with Crippen molar-refractivity contribution >= 4 is 35.9 Å². The number of thiazole rings is 1. The van der Waals surface area contributed by atoms with E-state index in [0.717, 1.165) is 42.9 Å². The topological polar surface area (TPSA) is 58.1 Å². The lowest BCUT2D eigenvalue weighted by molar-refractivity contribution is -0.114. The number of nitrogens with one attached hydrogen (secondary N) is 1. The maximum atomic E-state index is 13.1. The van der Waals surface area contributed by atoms with Crippen molar-refractivity contribution in [3.63, 3.8) is 0 Å². The molecular formula is C16H21FN4OS2. The lowest BCUT2D eigenvalue weighted by atomic mass is 9.99. The number of carbonyl (C=O) groups is 1. The quantitative estimate of drug-likeness (QED) is 0.825. The van der Waals surface area contributed by atoms with Crippen LogP contribution in [-0.4, -0.2) is 33.9 Å². The van der Waals surface area contributed by atoms with Crippen molar-refractivity contribution in [1.82, 2.24) is 14.9 Å². The van der Waals surface area contributed by atoms with Gasteiger partial charge >= 0.3 is 0 Å². The summed E-state index contributed by atoms with van der Waals surface area (Å²) in [5.41, 5.74) is 1.01. The molecular weight excluding hydrogens is 347 g/mol. The highest BCUT2D eigenvalue weighted by molar-refractivity contribution is 7.59. The molecule has 0 spiro atoms. The lowest BCUT2D eigenvalue weighted by Crippen LogP contribution is -2.20. The first-order valence-electron chi connectivity index (χ1n) is 7.63. The molecule has 8 heteroatoms. The summed E-state index contributed by atoms with van der Waals surface area (Å²) in [5.74, 6) is 0.0313. The molecule has 0 aromatic carbocycles. The standard InChI is InChI=1S/C16H19FN4OS.H2S/c1-11(22)20-16-19-8-14(23-16)10-21-5-3-13(9-21)6-12-2-4-18-15(17)7-12;/h2,4,7-8,13H,3,5-6,9-10H2,1H3,(H,19,20,22);1H2. The van der Waals surface area contributed by atoms with Crippen LogP contribution in [0.2, 0.25) is 0 Å². The molecule has 3 heterocycles. The number of hydrogen-bond acceptors (Lipinski definition) is 5. The summed E-state index contributed by atoms with van der Waals surface area (Å²) in [7, 11) is 0. The van der Waals surface area contributed by atoms with Crippen molar-refractivity contribution in [3.8, 4) is 0 Å². The van der Waals surface area contributed by atoms with E-state index in [0.29, 0.717) is 11.0 Å². The molecule has 1 unspecified atom stereocenters. The van der Waals surface area contributed by atoms with Gasteiger partial charge in [-0.1, -0.05) is 0 Å². The van der Waals surface area contributed by atoms with Crippen molar-refractivity contribution in [3.05, 3.63) is 40.9 Å². The molecule has 0 radical (unpaired) electrons. The minimum atomic E-state index is -0.410. The van der Waals surface area contributed by atoms with Gasteiger partial charge in [0.2, 0.25) is 11.9 Å². The van der Waals surface area contributed by atoms with E-state index >= 15 is 0 Å². The number of likely N-dealkylation sites (tertiary alicyclic amines) is 1. The summed E-state index contributed by atoms with van der Waals surface area (Å²) in [4.78, 5) is 22.3. The zero-order valence-electron chi connectivity index (χ0n) is 13.5. The van der Waals surface area contributed by atoms with Crippen LogP contribution in [0.1, 0.15) is 23.8 Å². The first kappa shape index (κ1) is 18.8. The summed E-state index contributed by atoms with van der Waals surface area (Å²) < 4.78 is 13.1. The molecule has 3 rings (SSSR count). The van der Waals surface area contributed by atoms with Crippen LogP contribution in [-0.2, 0) is 17.8 Å². The van der Waals surface area contributed by atoms with E-state index in [1.807, 2.05) is 12.3 Å². The SMILES string of the molecule is CC(=O)Nc1ncc(CN2CCC(Cc3ccnc(F)c3)C2)s1.S. The number of pyridine rings is 1. The maximum Gasteiger partial charge on any atom is 0.223 e. The second-order valence-electron chi connectivity index (χ2n) is 5.89. The van der Waals surface area contributed by atoms with Gasteiger partial charge in [0.15, 0.2) is 5.13 Å². The van der Waals surface area contributed by atoms with Gasteiger partial charge in [-0.3, -0.25) is 9.69 Å². The fourth-order valence-electron chi connectivity index (χ4n) is 2.94. The summed E-state index contributed by atoms with van der Waals surface area (Å²) in [6, 6.07) is 3.40. The molecule has 2 aromatic rings. The molecule has 1 N–H and O–H groups in total. The van der Waals surface area contributed by atoms with E-state index in [-0.39, 0.29) is 19.4 Å². The summed E-state index contributed by atoms with van der Waals surface area (Å²) in [5, 5.41) is 3.35. The van der Waals surface area contributed by atoms with Gasteiger partial charge in [-0.25, -0.2) is 9.97 Å². The molecule has 0 saturated carbocycles. The van der Waals surface area contributed by atoms with E-state index in [2.05, 4.69) is 20.2 Å². The molecule has 2 aromatic heterocycles. The van der Waals surface area contributed by atoms with Gasteiger partial charge in [-0.15, -0.1) is 11.3 Å². The van der Waals surface area contributed by atoms with Gasteiger partial charge in [0.1, 0.15) is 0 Å². The highest BCUT2D eigenvalue weighted by atomic mass is 32.1. The van der Waals surface area contributed by atoms with Gasteiger partial charge in [0.05, 0.1) is 0 Å². The highest BCUT2D eigenvalue weighted by Gasteiger charge is 2.23. The average molecular weight is 369 g/mol. The molecule has 5 nitrogen and oxygen atoms in total. The Labute approximate surface area is 151 Å². The number of amides is 1. The Morgan fingerprint density at radius 3 is 3.08 bits per heavy atom. The summed E-state index contributed by atoms with van der Waals surface area (Å²) >= 11 is 1.51. The van der Waals surface area contributed by atoms with E-state index < -0.39 is 5.95 Å². The zero-order chi connectivity index (χ0) is 16.2. The van der Waals surface area contributed by atoms with Crippen LogP contribution in [0, 0.1) is 11.9 Å². The Bertz CT molecular complexity index is 694. The predicted molar refractivity (Wildman–Crippen MR) is 98.1 cm³/mol. The zero-order valence-corrected chi connectivity index (χ0v) is 15.3. The number of anilines is 1. The Hall–Kier alpha value is -1.51. The molecule has 1 aliphatic rings. The van der Waals surface area contributed by atoms with Crippen molar-refractivity contribution in [2.45, 2.75) is 26.3 Å². The highest BCUT2D eigenvalue weighted by Crippen LogP contribution is 2.25. The number of hydrogen-bond donors (Lipinski definition) is 1. The second kappa shape index (κ2) is 8.55. The van der Waals surface area contributed by atoms with Crippen molar-refractivity contribution in [2.24, 2.45) is 5.92 Å². The maximum absolute atomic E-state index is 13.1. The fraction of sp³-hybridized carbons (Fsp3) is 0.438. The molecule has 1 atom stereocenters. The molecule has 1 fully saturated rings. The molecule has 24 heavy (non-hydrogen) atoms. The molecule has 1 amide bonds. The van der Waals surface area contributed by atoms with Crippen LogP contribution in [0.5, 0.6) is 0 Å². The minimum Gasteiger partial charge on any atom is -0.302 e. The van der Waals surface area contributed by atoms with Crippen LogP contribution in [0.15, 0.2) is 24.5 Å². The smallest absolute Gasteiger partial charge is 0.223 e. The molecule has 1 saturated heterocycles. The van der Waals surface area contributed by atoms with Gasteiger partial charge in [-0.2, -0.15) is 17.9 Å². The Balaban J connectivity index is 0.00000208. The normalized spacial score (nSPS) is 17.5. The van der Waals surface area contributed by atoms with Gasteiger partial charge < -0.3 is 5.32 Å². The Kier molecular flexibility index (Phi) is 6.70. The number of rotatable bonds is 5. The molecule has 0 aliphatic carbocycles. The van der Waals surface area contributed by atoms with Crippen LogP contribution < -0.4 is 5.32 Å². The average Bonchev–Trinajstić information content (AvgIpc) is 3.09. The van der Waals surface area contributed by atoms with Crippen molar-refractivity contribution < 1.29 is 9.18 Å². The van der Waals surface area contributed by atoms with Gasteiger partial charge in [0.25, 0.3) is 0 Å². The third-order valence-electron chi connectivity index (χ3n) is 3.90. The number of carbonyl (C=O) groups excluding carboxylic acids is 1. The van der Waals surface area contributed by atoms with Crippen LogP contribution in [0.4, 0.5) is 9.52 Å². The van der Waals surface area contributed by atoms with Crippen LogP contribution in [0.25, 0.3) is 0 Å². The number of halogens is 1. The van der Waals surface area contributed by atoms with E-state index in [1.165, 1.54) is 30.5 Å². The Morgan fingerprint density at radius 2 is 2.33 bits per heavy atom. The van der Waals surface area contributed by atoms with E-state index in [4.69, 9.17) is 0 Å². The fourth-order valence-corrected chi connectivity index (χ4v) is 3.84. The largest absolute Gasteiger partial charge is 0.302 e. The minimum absolute atomic E-state index is 0. The van der Waals surface area contributed by atoms with Crippen molar-refractivity contribution in [1.29, 1.82) is 0 Å². The number of nitrogens with zero attached hydrogens (tertiary/aromatic N) is 3. The summed E-state index contributed by atoms with van der Waals surface area (Å²) in [6.07, 6.45) is 5.34. The second-order valence-corrected chi connectivity index (χ2v) is 7.01. The first-order valence-corrected chi connectivity index (χ1v) is 8.45. The third-order valence-corrected chi connectivity index (χ3v) is 4.80. The molecule has 130 valence electrons. The molecule has 1 aliphatic heterocycles. The lowest BCUT2D eigenvalue weighted by Gasteiger charge is -2.14. The monoisotopic (exact) mass is 368 g/mol. The Morgan fingerprint density at radius 1 is 1.50 bits per heavy atom. The van der Waals surface area contributed by atoms with E-state index in [9.17, 15) is 9.18 Å². The van der Waals surface area contributed by atoms with Crippen LogP contribution >= 0.6 is 24.8 Å². The van der Waals surface area contributed by atoms with Gasteiger partial charge in [-0.05, 0) is 43.0 Å². The van der Waals surface area contributed by atoms with E-state index in [1.54, 1.807) is 0 Å². The van der Waals surface area contributed by atoms with Crippen LogP contribution in [0.3, 0.4) is 0 Å². The predicted octanol–water partition coefficient (Wildman–Crippen LogP) is 2.81. The summed E-state index contributed by atoms with van der Waals surface area (Å²) in [6.45, 7) is 4.36. The first-order chi connectivity index (χ1) is 11.1. The van der Waals surface area contributed by atoms with Gasteiger partial charge in [0, 0.05) is 37.3 Å². The third kappa shape index (κ3) is 5.25. The van der Waals surface area contributed by atoms with Crippen molar-refractivity contribution in [2.75, 3.05) is 18.4 Å². The number of aromatic nitrogens is 2.